The van der Waals surface area contributed by atoms with E-state index in [-0.39, 0.29) is 18.4 Å². The molecule has 1 aromatic carbocycles. The van der Waals surface area contributed by atoms with Gasteiger partial charge in [0.1, 0.15) is 0 Å². The maximum atomic E-state index is 12.6. The number of aromatic nitrogens is 1. The molecule has 0 saturated carbocycles. The van der Waals surface area contributed by atoms with Gasteiger partial charge in [0.25, 0.3) is 5.91 Å². The smallest absolute Gasteiger partial charge is 0.264 e. The fraction of sp³-hybridized carbons (Fsp3) is 0.318. The summed E-state index contributed by atoms with van der Waals surface area (Å²) in [5.41, 5.74) is 1.90. The molecule has 1 fully saturated rings. The molecule has 6 nitrogen and oxygen atoms in total. The van der Waals surface area contributed by atoms with Crippen molar-refractivity contribution in [2.45, 2.75) is 19.3 Å². The molecule has 1 N–H and O–H groups in total. The molecule has 1 saturated heterocycles. The largest absolute Gasteiger partial charge is 0.371 e. The fourth-order valence-electron chi connectivity index (χ4n) is 3.76. The number of likely N-dealkylation sites (N-methyl/N-ethyl adjacent to an activating group) is 1. The van der Waals surface area contributed by atoms with Crippen molar-refractivity contribution in [3.05, 3.63) is 53.0 Å². The second-order valence-corrected chi connectivity index (χ2v) is 8.24. The van der Waals surface area contributed by atoms with E-state index in [0.717, 1.165) is 29.5 Å². The molecule has 1 aliphatic rings. The molecule has 0 atom stereocenters. The highest BCUT2D eigenvalue weighted by Crippen LogP contribution is 2.33. The Morgan fingerprint density at radius 1 is 1.14 bits per heavy atom. The highest BCUT2D eigenvalue weighted by Gasteiger charge is 2.18. The van der Waals surface area contributed by atoms with Gasteiger partial charge in [-0.3, -0.25) is 14.6 Å². The van der Waals surface area contributed by atoms with Crippen LogP contribution < -0.4 is 10.2 Å². The molecule has 0 unspecified atom stereocenters. The Balaban J connectivity index is 1.52. The van der Waals surface area contributed by atoms with E-state index < -0.39 is 0 Å². The van der Waals surface area contributed by atoms with E-state index in [1.54, 1.807) is 25.5 Å². The maximum absolute atomic E-state index is 12.6. The quantitative estimate of drug-likeness (QED) is 0.693. The summed E-state index contributed by atoms with van der Waals surface area (Å²) in [6, 6.07) is 9.60. The fourth-order valence-corrected chi connectivity index (χ4v) is 4.48. The van der Waals surface area contributed by atoms with Crippen LogP contribution in [0.25, 0.3) is 10.8 Å². The number of anilines is 2. The van der Waals surface area contributed by atoms with Crippen LogP contribution in [-0.2, 0) is 4.79 Å². The number of carbonyl (C=O) groups excluding carboxylic acids is 2. The van der Waals surface area contributed by atoms with E-state index >= 15 is 0 Å². The second kappa shape index (κ2) is 8.61. The highest BCUT2D eigenvalue weighted by molar-refractivity contribution is 7.12. The molecule has 0 spiro atoms. The summed E-state index contributed by atoms with van der Waals surface area (Å²) in [5, 5.41) is 6.81. The van der Waals surface area contributed by atoms with Crippen LogP contribution in [-0.4, -0.2) is 48.4 Å². The van der Waals surface area contributed by atoms with Crippen LogP contribution in [0.15, 0.2) is 48.1 Å². The zero-order chi connectivity index (χ0) is 20.2. The zero-order valence-corrected chi connectivity index (χ0v) is 17.2. The topological polar surface area (TPSA) is 65.5 Å². The average Bonchev–Trinajstić information content (AvgIpc) is 3.29. The number of benzene rings is 1. The van der Waals surface area contributed by atoms with Crippen molar-refractivity contribution in [2.75, 3.05) is 36.9 Å². The SMILES string of the molecule is CN(CC(=O)Nc1ccc(N2CCCCC2)c2ccncc12)C(=O)c1cccs1. The van der Waals surface area contributed by atoms with Crippen LogP contribution in [0, 0.1) is 0 Å². The van der Waals surface area contributed by atoms with Gasteiger partial charge >= 0.3 is 0 Å². The Morgan fingerprint density at radius 3 is 2.72 bits per heavy atom. The lowest BCUT2D eigenvalue weighted by molar-refractivity contribution is -0.116. The molecule has 3 aromatic rings. The summed E-state index contributed by atoms with van der Waals surface area (Å²) in [7, 11) is 1.64. The number of rotatable bonds is 5. The Morgan fingerprint density at radius 2 is 1.97 bits per heavy atom. The summed E-state index contributed by atoms with van der Waals surface area (Å²) in [5.74, 6) is -0.379. The number of hydrogen-bond donors (Lipinski definition) is 1. The van der Waals surface area contributed by atoms with E-state index in [9.17, 15) is 9.59 Å². The standard InChI is InChI=1S/C22H24N4O2S/c1-25(22(28)20-6-5-13-29-20)15-21(27)24-18-7-8-19(26-11-3-2-4-12-26)16-9-10-23-14-17(16)18/h5-10,13-14H,2-4,11-12,15H2,1H3,(H,24,27). The molecular formula is C22H24N4O2S. The first kappa shape index (κ1) is 19.4. The summed E-state index contributed by atoms with van der Waals surface area (Å²) in [6.07, 6.45) is 7.26. The lowest BCUT2D eigenvalue weighted by atomic mass is 10.1. The van der Waals surface area contributed by atoms with Crippen LogP contribution in [0.2, 0.25) is 0 Å². The monoisotopic (exact) mass is 408 g/mol. The van der Waals surface area contributed by atoms with Crippen molar-refractivity contribution in [1.29, 1.82) is 0 Å². The summed E-state index contributed by atoms with van der Waals surface area (Å²) >= 11 is 1.37. The van der Waals surface area contributed by atoms with Crippen LogP contribution in [0.5, 0.6) is 0 Å². The van der Waals surface area contributed by atoms with Gasteiger partial charge in [0.2, 0.25) is 5.91 Å². The Labute approximate surface area is 174 Å². The van der Waals surface area contributed by atoms with Crippen LogP contribution in [0.1, 0.15) is 28.9 Å². The van der Waals surface area contributed by atoms with Gasteiger partial charge < -0.3 is 15.1 Å². The molecule has 29 heavy (non-hydrogen) atoms. The van der Waals surface area contributed by atoms with Crippen molar-refractivity contribution in [2.24, 2.45) is 0 Å². The number of amides is 2. The van der Waals surface area contributed by atoms with Crippen molar-refractivity contribution in [3.63, 3.8) is 0 Å². The average molecular weight is 409 g/mol. The number of carbonyl (C=O) groups is 2. The third-order valence-corrected chi connectivity index (χ3v) is 6.08. The van der Waals surface area contributed by atoms with Crippen LogP contribution in [0.4, 0.5) is 11.4 Å². The first-order valence-electron chi connectivity index (χ1n) is 9.84. The van der Waals surface area contributed by atoms with Gasteiger partial charge in [-0.05, 0) is 48.9 Å². The number of hydrogen-bond acceptors (Lipinski definition) is 5. The summed E-state index contributed by atoms with van der Waals surface area (Å²) < 4.78 is 0. The number of thiophene rings is 1. The summed E-state index contributed by atoms with van der Waals surface area (Å²) in [4.78, 5) is 33.7. The molecule has 7 heteroatoms. The highest BCUT2D eigenvalue weighted by atomic mass is 32.1. The van der Waals surface area contributed by atoms with Crippen LogP contribution in [0.3, 0.4) is 0 Å². The second-order valence-electron chi connectivity index (χ2n) is 7.29. The lowest BCUT2D eigenvalue weighted by Gasteiger charge is -2.30. The van der Waals surface area contributed by atoms with E-state index in [1.807, 2.05) is 23.6 Å². The molecular weight excluding hydrogens is 384 g/mol. The van der Waals surface area contributed by atoms with E-state index in [4.69, 9.17) is 0 Å². The van der Waals surface area contributed by atoms with E-state index in [1.165, 1.54) is 41.2 Å². The van der Waals surface area contributed by atoms with Gasteiger partial charge in [-0.1, -0.05) is 6.07 Å². The Hall–Kier alpha value is -2.93. The van der Waals surface area contributed by atoms with Gasteiger partial charge in [0.15, 0.2) is 0 Å². The van der Waals surface area contributed by atoms with Crippen LogP contribution >= 0.6 is 11.3 Å². The van der Waals surface area contributed by atoms with Gasteiger partial charge in [0.05, 0.1) is 17.1 Å². The minimum Gasteiger partial charge on any atom is -0.371 e. The normalized spacial score (nSPS) is 14.0. The molecule has 0 bridgehead atoms. The predicted octanol–water partition coefficient (Wildman–Crippen LogP) is 4.00. The molecule has 2 amide bonds. The van der Waals surface area contributed by atoms with Gasteiger partial charge in [0, 0.05) is 49.0 Å². The molecule has 2 aromatic heterocycles. The molecule has 4 rings (SSSR count). The maximum Gasteiger partial charge on any atom is 0.264 e. The van der Waals surface area contributed by atoms with E-state index in [2.05, 4.69) is 21.3 Å². The third-order valence-electron chi connectivity index (χ3n) is 5.23. The molecule has 0 radical (unpaired) electrons. The minimum atomic E-state index is -0.228. The number of piperidine rings is 1. The lowest BCUT2D eigenvalue weighted by Crippen LogP contribution is -2.34. The van der Waals surface area contributed by atoms with E-state index in [0.29, 0.717) is 4.88 Å². The molecule has 3 heterocycles. The molecule has 150 valence electrons. The first-order valence-corrected chi connectivity index (χ1v) is 10.7. The van der Waals surface area contributed by atoms with Gasteiger partial charge in [-0.15, -0.1) is 11.3 Å². The number of fused-ring (bicyclic) bond motifs is 1. The van der Waals surface area contributed by atoms with Crippen molar-refractivity contribution in [3.8, 4) is 0 Å². The van der Waals surface area contributed by atoms with Crippen molar-refractivity contribution in [1.82, 2.24) is 9.88 Å². The predicted molar refractivity (Wildman–Crippen MR) is 118 cm³/mol. The Kier molecular flexibility index (Phi) is 5.76. The van der Waals surface area contributed by atoms with Crippen molar-refractivity contribution < 1.29 is 9.59 Å². The third kappa shape index (κ3) is 4.24. The number of nitrogens with one attached hydrogen (secondary N) is 1. The first-order chi connectivity index (χ1) is 14.1. The molecule has 0 aliphatic carbocycles. The Bertz CT molecular complexity index is 1010. The number of pyridine rings is 1. The zero-order valence-electron chi connectivity index (χ0n) is 16.4. The number of nitrogens with zero attached hydrogens (tertiary/aromatic N) is 3. The summed E-state index contributed by atoms with van der Waals surface area (Å²) in [6.45, 7) is 2.10. The van der Waals surface area contributed by atoms with Crippen molar-refractivity contribution >= 4 is 45.3 Å². The minimum absolute atomic E-state index is 0.00757. The van der Waals surface area contributed by atoms with Gasteiger partial charge in [-0.25, -0.2) is 0 Å². The van der Waals surface area contributed by atoms with Gasteiger partial charge in [-0.2, -0.15) is 0 Å². The molecule has 1 aliphatic heterocycles.